The van der Waals surface area contributed by atoms with E-state index in [1.54, 1.807) is 6.20 Å². The minimum atomic E-state index is -4.45. The molecular weight excluding hydrogens is 285 g/mol. The molecule has 0 spiro atoms. The number of amides is 2. The summed E-state index contributed by atoms with van der Waals surface area (Å²) in [4.78, 5) is 11.8. The summed E-state index contributed by atoms with van der Waals surface area (Å²) in [5, 5.41) is 11.2. The fraction of sp³-hybridized carbons (Fsp3) is 0.231. The standard InChI is InChI=1S/C13H13F3N4O/c1-2-8-7-17-20-11(8)19-12(21)18-10-5-3-4-9(6-10)13(14,15)16/h3-7H,2H2,1H3,(H3,17,18,19,20,21). The van der Waals surface area contributed by atoms with Gasteiger partial charge in [0.25, 0.3) is 0 Å². The highest BCUT2D eigenvalue weighted by atomic mass is 19.4. The Balaban J connectivity index is 2.06. The van der Waals surface area contributed by atoms with Gasteiger partial charge in [-0.15, -0.1) is 0 Å². The van der Waals surface area contributed by atoms with Crippen molar-refractivity contribution < 1.29 is 18.0 Å². The molecular formula is C13H13F3N4O. The van der Waals surface area contributed by atoms with Crippen molar-refractivity contribution in [2.24, 2.45) is 0 Å². The van der Waals surface area contributed by atoms with Gasteiger partial charge in [-0.25, -0.2) is 4.79 Å². The quantitative estimate of drug-likeness (QED) is 0.809. The second-order valence-electron chi connectivity index (χ2n) is 4.28. The fourth-order valence-corrected chi connectivity index (χ4v) is 1.74. The summed E-state index contributed by atoms with van der Waals surface area (Å²) in [5.74, 6) is 0.418. The number of benzene rings is 1. The zero-order valence-electron chi connectivity index (χ0n) is 11.1. The molecule has 0 aliphatic carbocycles. The number of hydrogen-bond acceptors (Lipinski definition) is 2. The first-order valence-corrected chi connectivity index (χ1v) is 6.17. The number of carbonyl (C=O) groups excluding carboxylic acids is 1. The van der Waals surface area contributed by atoms with Crippen LogP contribution >= 0.6 is 0 Å². The van der Waals surface area contributed by atoms with Gasteiger partial charge in [-0.3, -0.25) is 10.4 Å². The van der Waals surface area contributed by atoms with Crippen LogP contribution in [0.3, 0.4) is 0 Å². The summed E-state index contributed by atoms with van der Waals surface area (Å²) in [6.07, 6.45) is -2.22. The van der Waals surface area contributed by atoms with Crippen LogP contribution in [0.1, 0.15) is 18.1 Å². The van der Waals surface area contributed by atoms with Crippen LogP contribution in [-0.4, -0.2) is 16.2 Å². The van der Waals surface area contributed by atoms with E-state index in [1.807, 2.05) is 6.92 Å². The van der Waals surface area contributed by atoms with Crippen LogP contribution in [0.5, 0.6) is 0 Å². The zero-order chi connectivity index (χ0) is 15.5. The summed E-state index contributed by atoms with van der Waals surface area (Å²) in [6.45, 7) is 1.89. The predicted molar refractivity (Wildman–Crippen MR) is 72.1 cm³/mol. The number of halogens is 3. The molecule has 2 aromatic rings. The molecule has 1 aromatic carbocycles. The Bertz CT molecular complexity index is 636. The number of aryl methyl sites for hydroxylation is 1. The van der Waals surface area contributed by atoms with Crippen molar-refractivity contribution in [3.05, 3.63) is 41.6 Å². The molecule has 2 rings (SSSR count). The number of urea groups is 1. The Morgan fingerprint density at radius 2 is 2.10 bits per heavy atom. The van der Waals surface area contributed by atoms with Gasteiger partial charge in [0.2, 0.25) is 0 Å². The first kappa shape index (κ1) is 14.9. The molecule has 0 unspecified atom stereocenters. The Morgan fingerprint density at radius 3 is 2.76 bits per heavy atom. The van der Waals surface area contributed by atoms with Gasteiger partial charge in [0.05, 0.1) is 11.8 Å². The third kappa shape index (κ3) is 3.74. The van der Waals surface area contributed by atoms with Gasteiger partial charge in [0, 0.05) is 11.3 Å². The lowest BCUT2D eigenvalue weighted by atomic mass is 10.2. The Kier molecular flexibility index (Phi) is 4.15. The van der Waals surface area contributed by atoms with Crippen LogP contribution in [0.15, 0.2) is 30.5 Å². The number of nitrogens with one attached hydrogen (secondary N) is 3. The van der Waals surface area contributed by atoms with E-state index in [-0.39, 0.29) is 5.69 Å². The molecule has 112 valence electrons. The van der Waals surface area contributed by atoms with Crippen molar-refractivity contribution in [2.45, 2.75) is 19.5 Å². The van der Waals surface area contributed by atoms with Crippen LogP contribution in [0.2, 0.25) is 0 Å². The van der Waals surface area contributed by atoms with E-state index >= 15 is 0 Å². The normalized spacial score (nSPS) is 11.2. The molecule has 2 amide bonds. The van der Waals surface area contributed by atoms with E-state index in [4.69, 9.17) is 0 Å². The summed E-state index contributed by atoms with van der Waals surface area (Å²) >= 11 is 0. The highest BCUT2D eigenvalue weighted by Crippen LogP contribution is 2.30. The number of alkyl halides is 3. The van der Waals surface area contributed by atoms with Crippen molar-refractivity contribution in [3.8, 4) is 0 Å². The maximum atomic E-state index is 12.6. The summed E-state index contributed by atoms with van der Waals surface area (Å²) < 4.78 is 37.7. The fourth-order valence-electron chi connectivity index (χ4n) is 1.74. The van der Waals surface area contributed by atoms with Crippen molar-refractivity contribution in [2.75, 3.05) is 10.6 Å². The average molecular weight is 298 g/mol. The van der Waals surface area contributed by atoms with Crippen molar-refractivity contribution >= 4 is 17.5 Å². The van der Waals surface area contributed by atoms with Gasteiger partial charge in [0.15, 0.2) is 0 Å². The van der Waals surface area contributed by atoms with Gasteiger partial charge in [-0.2, -0.15) is 18.3 Å². The topological polar surface area (TPSA) is 69.8 Å². The number of aromatic amines is 1. The summed E-state index contributed by atoms with van der Waals surface area (Å²) in [7, 11) is 0. The van der Waals surface area contributed by atoms with Crippen LogP contribution in [0.4, 0.5) is 29.5 Å². The molecule has 3 N–H and O–H groups in total. The smallest absolute Gasteiger partial charge is 0.308 e. The van der Waals surface area contributed by atoms with Gasteiger partial charge >= 0.3 is 12.2 Å². The third-order valence-corrected chi connectivity index (χ3v) is 2.79. The molecule has 0 aliphatic rings. The molecule has 0 radical (unpaired) electrons. The Morgan fingerprint density at radius 1 is 1.33 bits per heavy atom. The number of aromatic nitrogens is 2. The van der Waals surface area contributed by atoms with Gasteiger partial charge in [0.1, 0.15) is 5.82 Å². The number of nitrogens with zero attached hydrogens (tertiary/aromatic N) is 1. The molecule has 1 heterocycles. The van der Waals surface area contributed by atoms with Crippen molar-refractivity contribution in [3.63, 3.8) is 0 Å². The van der Waals surface area contributed by atoms with Gasteiger partial charge in [-0.1, -0.05) is 13.0 Å². The van der Waals surface area contributed by atoms with Crippen LogP contribution < -0.4 is 10.6 Å². The van der Waals surface area contributed by atoms with Crippen LogP contribution in [-0.2, 0) is 12.6 Å². The first-order chi connectivity index (χ1) is 9.90. The minimum Gasteiger partial charge on any atom is -0.308 e. The maximum absolute atomic E-state index is 12.6. The van der Waals surface area contributed by atoms with Crippen molar-refractivity contribution in [1.82, 2.24) is 10.2 Å². The highest BCUT2D eigenvalue weighted by molar-refractivity contribution is 5.99. The maximum Gasteiger partial charge on any atom is 0.416 e. The molecule has 0 atom stereocenters. The van der Waals surface area contributed by atoms with E-state index in [0.29, 0.717) is 12.2 Å². The van der Waals surface area contributed by atoms with Gasteiger partial charge in [-0.05, 0) is 24.6 Å². The lowest BCUT2D eigenvalue weighted by Gasteiger charge is -2.10. The molecule has 0 fully saturated rings. The monoisotopic (exact) mass is 298 g/mol. The van der Waals surface area contributed by atoms with Crippen LogP contribution in [0.25, 0.3) is 0 Å². The minimum absolute atomic E-state index is 0.0555. The molecule has 0 saturated heterocycles. The molecule has 0 bridgehead atoms. The van der Waals surface area contributed by atoms with E-state index in [2.05, 4.69) is 20.8 Å². The zero-order valence-corrected chi connectivity index (χ0v) is 11.1. The molecule has 0 aliphatic heterocycles. The largest absolute Gasteiger partial charge is 0.416 e. The number of rotatable bonds is 3. The second-order valence-corrected chi connectivity index (χ2v) is 4.28. The Hall–Kier alpha value is -2.51. The number of hydrogen-bond donors (Lipinski definition) is 3. The molecule has 1 aromatic heterocycles. The van der Waals surface area contributed by atoms with E-state index < -0.39 is 17.8 Å². The Labute approximate surface area is 118 Å². The molecule has 8 heteroatoms. The van der Waals surface area contributed by atoms with Crippen molar-refractivity contribution in [1.29, 1.82) is 0 Å². The number of H-pyrrole nitrogens is 1. The summed E-state index contributed by atoms with van der Waals surface area (Å²) in [5.41, 5.74) is 0.0326. The molecule has 0 saturated carbocycles. The van der Waals surface area contributed by atoms with E-state index in [0.717, 1.165) is 17.7 Å². The lowest BCUT2D eigenvalue weighted by Crippen LogP contribution is -2.20. The van der Waals surface area contributed by atoms with Gasteiger partial charge < -0.3 is 5.32 Å². The average Bonchev–Trinajstić information content (AvgIpc) is 2.85. The second kappa shape index (κ2) is 5.86. The number of carbonyl (C=O) groups is 1. The van der Waals surface area contributed by atoms with E-state index in [9.17, 15) is 18.0 Å². The SMILES string of the molecule is CCc1cn[nH]c1NC(=O)Nc1cccc(C(F)(F)F)c1. The summed E-state index contributed by atoms with van der Waals surface area (Å²) in [6, 6.07) is 3.77. The predicted octanol–water partition coefficient (Wildman–Crippen LogP) is 3.63. The highest BCUT2D eigenvalue weighted by Gasteiger charge is 2.30. The lowest BCUT2D eigenvalue weighted by molar-refractivity contribution is -0.137. The molecule has 5 nitrogen and oxygen atoms in total. The number of anilines is 2. The van der Waals surface area contributed by atoms with E-state index in [1.165, 1.54) is 12.1 Å². The first-order valence-electron chi connectivity index (χ1n) is 6.17. The van der Waals surface area contributed by atoms with Crippen LogP contribution in [0, 0.1) is 0 Å². The molecule has 21 heavy (non-hydrogen) atoms. The third-order valence-electron chi connectivity index (χ3n) is 2.79.